The Balaban J connectivity index is 2.60. The maximum Gasteiger partial charge on any atom is 0.308 e. The molecular formula is C9H17NO4. The minimum Gasteiger partial charge on any atom is -0.481 e. The molecule has 0 aromatic rings. The molecule has 1 fully saturated rings. The Labute approximate surface area is 82.5 Å². The number of nitrogens with two attached hydrogens (primary N) is 1. The Hall–Kier alpha value is -0.650. The van der Waals surface area contributed by atoms with E-state index in [-0.39, 0.29) is 0 Å². The summed E-state index contributed by atoms with van der Waals surface area (Å²) < 4.78 is 0. The number of carbonyl (C=O) groups is 1. The van der Waals surface area contributed by atoms with Crippen molar-refractivity contribution in [2.75, 3.05) is 0 Å². The summed E-state index contributed by atoms with van der Waals surface area (Å²) in [6, 6.07) is -0.422. The number of aliphatic carboxylic acids is 1. The van der Waals surface area contributed by atoms with E-state index in [2.05, 4.69) is 0 Å². The first-order valence-corrected chi connectivity index (χ1v) is 4.87. The van der Waals surface area contributed by atoms with Crippen molar-refractivity contribution in [1.29, 1.82) is 0 Å². The molecule has 0 bridgehead atoms. The molecule has 0 spiro atoms. The normalized spacial score (nSPS) is 39.9. The lowest BCUT2D eigenvalue weighted by Crippen LogP contribution is -2.40. The van der Waals surface area contributed by atoms with Gasteiger partial charge in [-0.05, 0) is 25.7 Å². The fourth-order valence-corrected chi connectivity index (χ4v) is 1.82. The Bertz CT molecular complexity index is 209. The maximum atomic E-state index is 10.8. The lowest BCUT2D eigenvalue weighted by Gasteiger charge is -2.27. The van der Waals surface area contributed by atoms with Crippen LogP contribution in [-0.2, 0) is 4.79 Å². The van der Waals surface area contributed by atoms with Crippen LogP contribution in [0.1, 0.15) is 25.7 Å². The van der Waals surface area contributed by atoms with Crippen molar-refractivity contribution in [1.82, 2.24) is 0 Å². The van der Waals surface area contributed by atoms with Gasteiger partial charge in [-0.2, -0.15) is 0 Å². The second kappa shape index (κ2) is 4.72. The van der Waals surface area contributed by atoms with E-state index < -0.39 is 30.1 Å². The van der Waals surface area contributed by atoms with Crippen LogP contribution < -0.4 is 5.73 Å². The van der Waals surface area contributed by atoms with Crippen LogP contribution in [0.4, 0.5) is 0 Å². The average Bonchev–Trinajstić information content (AvgIpc) is 2.11. The molecule has 0 saturated heterocycles. The SMILES string of the molecule is N[C@H]1CC[C@@H](O)[C@@H](O)CC[C@H]1C(=O)O. The van der Waals surface area contributed by atoms with Crippen LogP contribution in [0, 0.1) is 5.92 Å². The highest BCUT2D eigenvalue weighted by atomic mass is 16.4. The van der Waals surface area contributed by atoms with Gasteiger partial charge >= 0.3 is 5.97 Å². The standard InChI is InChI=1S/C9H17NO4/c10-6-2-4-8(12)7(11)3-1-5(6)9(13)14/h5-8,11-12H,1-4,10H2,(H,13,14)/t5-,6+,7+,8-/m1/s1. The molecule has 1 aliphatic rings. The van der Waals surface area contributed by atoms with Crippen molar-refractivity contribution >= 4 is 5.97 Å². The van der Waals surface area contributed by atoms with Crippen LogP contribution in [0.25, 0.3) is 0 Å². The van der Waals surface area contributed by atoms with Gasteiger partial charge in [-0.25, -0.2) is 0 Å². The van der Waals surface area contributed by atoms with Gasteiger partial charge < -0.3 is 21.1 Å². The number of carboxylic acid groups (broad SMARTS) is 1. The number of carboxylic acids is 1. The summed E-state index contributed by atoms with van der Waals surface area (Å²) in [4.78, 5) is 10.8. The monoisotopic (exact) mass is 203 g/mol. The summed E-state index contributed by atoms with van der Waals surface area (Å²) in [6.07, 6.45) is -0.151. The first kappa shape index (κ1) is 11.4. The highest BCUT2D eigenvalue weighted by molar-refractivity contribution is 5.70. The highest BCUT2D eigenvalue weighted by Gasteiger charge is 2.30. The molecule has 0 aromatic heterocycles. The predicted molar refractivity (Wildman–Crippen MR) is 49.6 cm³/mol. The molecule has 5 N–H and O–H groups in total. The largest absolute Gasteiger partial charge is 0.481 e. The van der Waals surface area contributed by atoms with Gasteiger partial charge in [0.05, 0.1) is 18.1 Å². The third kappa shape index (κ3) is 2.67. The van der Waals surface area contributed by atoms with E-state index in [1.54, 1.807) is 0 Å². The number of rotatable bonds is 1. The second-order valence-corrected chi connectivity index (χ2v) is 3.90. The van der Waals surface area contributed by atoms with Crippen LogP contribution in [0.3, 0.4) is 0 Å². The van der Waals surface area contributed by atoms with Gasteiger partial charge in [0, 0.05) is 6.04 Å². The zero-order chi connectivity index (χ0) is 10.7. The van der Waals surface area contributed by atoms with E-state index in [4.69, 9.17) is 10.8 Å². The van der Waals surface area contributed by atoms with Crippen LogP contribution in [0.5, 0.6) is 0 Å². The maximum absolute atomic E-state index is 10.8. The molecule has 0 unspecified atom stereocenters. The summed E-state index contributed by atoms with van der Waals surface area (Å²) in [6.45, 7) is 0. The van der Waals surface area contributed by atoms with Crippen LogP contribution in [0.15, 0.2) is 0 Å². The molecular weight excluding hydrogens is 186 g/mol. The third-order valence-corrected chi connectivity index (χ3v) is 2.85. The van der Waals surface area contributed by atoms with E-state index in [0.717, 1.165) is 0 Å². The van der Waals surface area contributed by atoms with Crippen LogP contribution >= 0.6 is 0 Å². The van der Waals surface area contributed by atoms with Gasteiger partial charge in [0.1, 0.15) is 0 Å². The molecule has 82 valence electrons. The number of aliphatic hydroxyl groups is 2. The van der Waals surface area contributed by atoms with Gasteiger partial charge in [-0.15, -0.1) is 0 Å². The van der Waals surface area contributed by atoms with Crippen LogP contribution in [0.2, 0.25) is 0 Å². The van der Waals surface area contributed by atoms with Gasteiger partial charge in [0.25, 0.3) is 0 Å². The first-order chi connectivity index (χ1) is 6.52. The van der Waals surface area contributed by atoms with Gasteiger partial charge in [-0.1, -0.05) is 0 Å². The van der Waals surface area contributed by atoms with E-state index in [1.165, 1.54) is 0 Å². The van der Waals surface area contributed by atoms with Gasteiger partial charge in [0.2, 0.25) is 0 Å². The zero-order valence-corrected chi connectivity index (χ0v) is 7.97. The smallest absolute Gasteiger partial charge is 0.308 e. The molecule has 14 heavy (non-hydrogen) atoms. The first-order valence-electron chi connectivity index (χ1n) is 4.87. The van der Waals surface area contributed by atoms with E-state index in [9.17, 15) is 15.0 Å². The summed E-state index contributed by atoms with van der Waals surface area (Å²) in [7, 11) is 0. The molecule has 1 aliphatic carbocycles. The lowest BCUT2D eigenvalue weighted by atomic mass is 9.85. The van der Waals surface area contributed by atoms with Crippen molar-refractivity contribution in [3.8, 4) is 0 Å². The van der Waals surface area contributed by atoms with E-state index >= 15 is 0 Å². The highest BCUT2D eigenvalue weighted by Crippen LogP contribution is 2.22. The fourth-order valence-electron chi connectivity index (χ4n) is 1.82. The van der Waals surface area contributed by atoms with E-state index in [0.29, 0.717) is 25.7 Å². The van der Waals surface area contributed by atoms with Crippen molar-refractivity contribution in [3.63, 3.8) is 0 Å². The Kier molecular flexibility index (Phi) is 3.86. The molecule has 0 radical (unpaired) electrons. The minimum atomic E-state index is -0.916. The fraction of sp³-hybridized carbons (Fsp3) is 0.889. The molecule has 0 aromatic carbocycles. The van der Waals surface area contributed by atoms with Gasteiger partial charge in [0.15, 0.2) is 0 Å². The van der Waals surface area contributed by atoms with Crippen molar-refractivity contribution in [3.05, 3.63) is 0 Å². The van der Waals surface area contributed by atoms with Crippen molar-refractivity contribution in [2.45, 2.75) is 43.9 Å². The average molecular weight is 203 g/mol. The van der Waals surface area contributed by atoms with E-state index in [1.807, 2.05) is 0 Å². The van der Waals surface area contributed by atoms with Gasteiger partial charge in [-0.3, -0.25) is 4.79 Å². The summed E-state index contributed by atoms with van der Waals surface area (Å²) in [5.74, 6) is -1.52. The van der Waals surface area contributed by atoms with Crippen LogP contribution in [-0.4, -0.2) is 39.5 Å². The molecule has 1 saturated carbocycles. The number of hydrogen-bond donors (Lipinski definition) is 4. The van der Waals surface area contributed by atoms with Crippen molar-refractivity contribution in [2.24, 2.45) is 11.7 Å². The quantitative estimate of drug-likeness (QED) is 0.451. The number of aliphatic hydroxyl groups excluding tert-OH is 2. The molecule has 5 heteroatoms. The van der Waals surface area contributed by atoms with Crippen molar-refractivity contribution < 1.29 is 20.1 Å². The molecule has 1 rings (SSSR count). The molecule has 0 amide bonds. The topological polar surface area (TPSA) is 104 Å². The molecule has 4 atom stereocenters. The molecule has 0 heterocycles. The zero-order valence-electron chi connectivity index (χ0n) is 7.97. The predicted octanol–water partition coefficient (Wildman–Crippen LogP) is -0.690. The second-order valence-electron chi connectivity index (χ2n) is 3.90. The third-order valence-electron chi connectivity index (χ3n) is 2.85. The minimum absolute atomic E-state index is 0.297. The molecule has 5 nitrogen and oxygen atoms in total. The summed E-state index contributed by atoms with van der Waals surface area (Å²) in [5.41, 5.74) is 5.68. The lowest BCUT2D eigenvalue weighted by molar-refractivity contribution is -0.143. The Morgan fingerprint density at radius 2 is 1.57 bits per heavy atom. The summed E-state index contributed by atoms with van der Waals surface area (Å²) in [5, 5.41) is 27.6. The summed E-state index contributed by atoms with van der Waals surface area (Å²) >= 11 is 0. The Morgan fingerprint density at radius 3 is 2.07 bits per heavy atom. The Morgan fingerprint density at radius 1 is 1.07 bits per heavy atom. The number of hydrogen-bond acceptors (Lipinski definition) is 4. The molecule has 0 aliphatic heterocycles.